The number of nitrogens with zero attached hydrogens (tertiary/aromatic N) is 2. The lowest BCUT2D eigenvalue weighted by Gasteiger charge is -2.17. The first-order valence-corrected chi connectivity index (χ1v) is 6.94. The minimum absolute atomic E-state index is 0.155. The van der Waals surface area contributed by atoms with Crippen molar-refractivity contribution in [1.29, 1.82) is 0 Å². The summed E-state index contributed by atoms with van der Waals surface area (Å²) in [5.41, 5.74) is 0.742. The molecule has 1 aromatic heterocycles. The molecule has 1 aromatic rings. The molecule has 1 aliphatic carbocycles. The number of likely N-dealkylation sites (tertiary alicyclic amines) is 1. The second-order valence-corrected chi connectivity index (χ2v) is 5.84. The molecule has 2 unspecified atom stereocenters. The summed E-state index contributed by atoms with van der Waals surface area (Å²) in [5, 5.41) is 0. The fourth-order valence-electron chi connectivity index (χ4n) is 3.12. The van der Waals surface area contributed by atoms with E-state index in [1.807, 2.05) is 4.90 Å². The molecule has 2 heterocycles. The number of pyridine rings is 1. The molecule has 2 aliphatic rings. The van der Waals surface area contributed by atoms with Crippen LogP contribution in [0, 0.1) is 11.8 Å². The minimum Gasteiger partial charge on any atom is -0.338 e. The predicted octanol–water partition coefficient (Wildman–Crippen LogP) is 2.72. The van der Waals surface area contributed by atoms with E-state index in [-0.39, 0.29) is 5.91 Å². The van der Waals surface area contributed by atoms with E-state index in [1.54, 1.807) is 18.3 Å². The van der Waals surface area contributed by atoms with Gasteiger partial charge >= 0.3 is 0 Å². The quantitative estimate of drug-likeness (QED) is 0.746. The number of carbonyl (C=O) groups excluding carboxylic acids is 1. The maximum absolute atomic E-state index is 12.3. The summed E-state index contributed by atoms with van der Waals surface area (Å²) in [6.45, 7) is 1.90. The van der Waals surface area contributed by atoms with Crippen molar-refractivity contribution in [2.75, 3.05) is 13.1 Å². The van der Waals surface area contributed by atoms with Crippen molar-refractivity contribution in [2.24, 2.45) is 11.8 Å². The highest BCUT2D eigenvalue weighted by atomic mass is 79.9. The largest absolute Gasteiger partial charge is 0.338 e. The zero-order chi connectivity index (χ0) is 11.8. The Morgan fingerprint density at radius 1 is 1.35 bits per heavy atom. The molecule has 1 amide bonds. The van der Waals surface area contributed by atoms with Gasteiger partial charge in [0, 0.05) is 24.8 Å². The summed E-state index contributed by atoms with van der Waals surface area (Å²) in [7, 11) is 0. The fraction of sp³-hybridized carbons (Fsp3) is 0.538. The van der Waals surface area contributed by atoms with Gasteiger partial charge in [0.1, 0.15) is 4.60 Å². The zero-order valence-electron chi connectivity index (χ0n) is 9.60. The lowest BCUT2D eigenvalue weighted by Crippen LogP contribution is -2.29. The van der Waals surface area contributed by atoms with Gasteiger partial charge in [-0.1, -0.05) is 6.42 Å². The standard InChI is InChI=1S/C13H15BrN2O/c14-12-6-9(4-5-15-12)13(17)16-7-10-2-1-3-11(10)8-16/h4-6,10-11H,1-3,7-8H2. The molecule has 3 rings (SSSR count). The smallest absolute Gasteiger partial charge is 0.254 e. The lowest BCUT2D eigenvalue weighted by molar-refractivity contribution is 0.0780. The van der Waals surface area contributed by atoms with E-state index in [1.165, 1.54) is 19.3 Å². The van der Waals surface area contributed by atoms with Gasteiger partial charge in [-0.3, -0.25) is 4.79 Å². The zero-order valence-corrected chi connectivity index (χ0v) is 11.2. The van der Waals surface area contributed by atoms with Crippen molar-refractivity contribution in [2.45, 2.75) is 19.3 Å². The van der Waals surface area contributed by atoms with Gasteiger partial charge < -0.3 is 4.90 Å². The highest BCUT2D eigenvalue weighted by molar-refractivity contribution is 9.10. The van der Waals surface area contributed by atoms with Gasteiger partial charge in [-0.05, 0) is 52.7 Å². The lowest BCUT2D eigenvalue weighted by atomic mass is 10.0. The number of hydrogen-bond donors (Lipinski definition) is 0. The summed E-state index contributed by atoms with van der Waals surface area (Å²) in [6, 6.07) is 3.59. The van der Waals surface area contributed by atoms with Crippen molar-refractivity contribution >= 4 is 21.8 Å². The van der Waals surface area contributed by atoms with Crippen molar-refractivity contribution in [3.05, 3.63) is 28.5 Å². The van der Waals surface area contributed by atoms with Gasteiger partial charge in [0.15, 0.2) is 0 Å². The molecule has 1 aliphatic heterocycles. The number of amides is 1. The minimum atomic E-state index is 0.155. The van der Waals surface area contributed by atoms with Crippen LogP contribution in [0.1, 0.15) is 29.6 Å². The molecule has 0 spiro atoms. The van der Waals surface area contributed by atoms with E-state index in [0.29, 0.717) is 0 Å². The van der Waals surface area contributed by atoms with Crippen molar-refractivity contribution in [1.82, 2.24) is 9.88 Å². The number of fused-ring (bicyclic) bond motifs is 1. The third-order valence-electron chi connectivity index (χ3n) is 3.99. The van der Waals surface area contributed by atoms with Crippen molar-refractivity contribution in [3.8, 4) is 0 Å². The highest BCUT2D eigenvalue weighted by Gasteiger charge is 2.38. The molecule has 1 saturated heterocycles. The molecule has 0 N–H and O–H groups in total. The predicted molar refractivity (Wildman–Crippen MR) is 68.7 cm³/mol. The van der Waals surface area contributed by atoms with Crippen LogP contribution in [0.3, 0.4) is 0 Å². The maximum atomic E-state index is 12.3. The summed E-state index contributed by atoms with van der Waals surface area (Å²) >= 11 is 3.31. The molecule has 17 heavy (non-hydrogen) atoms. The molecule has 0 radical (unpaired) electrons. The molecule has 4 heteroatoms. The molecule has 2 atom stereocenters. The number of carbonyl (C=O) groups is 1. The molecule has 1 saturated carbocycles. The van der Waals surface area contributed by atoms with Crippen LogP contribution in [0.4, 0.5) is 0 Å². The van der Waals surface area contributed by atoms with E-state index in [4.69, 9.17) is 0 Å². The van der Waals surface area contributed by atoms with E-state index in [9.17, 15) is 4.79 Å². The first-order valence-electron chi connectivity index (χ1n) is 6.15. The van der Waals surface area contributed by atoms with Gasteiger partial charge in [0.2, 0.25) is 0 Å². The molecule has 0 bridgehead atoms. The Hall–Kier alpha value is -0.900. The fourth-order valence-corrected chi connectivity index (χ4v) is 3.48. The van der Waals surface area contributed by atoms with E-state index in [2.05, 4.69) is 20.9 Å². The second kappa shape index (κ2) is 4.41. The Bertz CT molecular complexity index is 437. The van der Waals surface area contributed by atoms with E-state index in [0.717, 1.165) is 35.1 Å². The van der Waals surface area contributed by atoms with Crippen molar-refractivity contribution in [3.63, 3.8) is 0 Å². The average Bonchev–Trinajstić information content (AvgIpc) is 2.88. The number of aromatic nitrogens is 1. The molecule has 2 fully saturated rings. The SMILES string of the molecule is O=C(c1ccnc(Br)c1)N1CC2CCCC2C1. The summed E-state index contributed by atoms with van der Waals surface area (Å²) < 4.78 is 0.725. The number of halogens is 1. The Balaban J connectivity index is 1.75. The Morgan fingerprint density at radius 2 is 2.06 bits per heavy atom. The van der Waals surface area contributed by atoms with Crippen LogP contribution in [0.15, 0.2) is 22.9 Å². The average molecular weight is 295 g/mol. The van der Waals surface area contributed by atoms with E-state index >= 15 is 0 Å². The molecule has 90 valence electrons. The Morgan fingerprint density at radius 3 is 2.71 bits per heavy atom. The summed E-state index contributed by atoms with van der Waals surface area (Å²) in [5.74, 6) is 1.66. The van der Waals surface area contributed by atoms with Crippen molar-refractivity contribution < 1.29 is 4.79 Å². The van der Waals surface area contributed by atoms with Gasteiger partial charge in [0.25, 0.3) is 5.91 Å². The summed E-state index contributed by atoms with van der Waals surface area (Å²) in [6.07, 6.45) is 5.62. The van der Waals surface area contributed by atoms with E-state index < -0.39 is 0 Å². The summed E-state index contributed by atoms with van der Waals surface area (Å²) in [4.78, 5) is 18.4. The van der Waals surface area contributed by atoms with Crippen LogP contribution in [-0.4, -0.2) is 28.9 Å². The highest BCUT2D eigenvalue weighted by Crippen LogP contribution is 2.38. The third kappa shape index (κ3) is 2.10. The number of hydrogen-bond acceptors (Lipinski definition) is 2. The Labute approximate surface area is 109 Å². The molecular weight excluding hydrogens is 280 g/mol. The first kappa shape index (κ1) is 11.2. The van der Waals surface area contributed by atoms with Crippen LogP contribution in [0.2, 0.25) is 0 Å². The van der Waals surface area contributed by atoms with Gasteiger partial charge in [-0.15, -0.1) is 0 Å². The van der Waals surface area contributed by atoms with Crippen LogP contribution < -0.4 is 0 Å². The second-order valence-electron chi connectivity index (χ2n) is 5.03. The van der Waals surface area contributed by atoms with Gasteiger partial charge in [-0.25, -0.2) is 4.98 Å². The normalized spacial score (nSPS) is 27.2. The maximum Gasteiger partial charge on any atom is 0.254 e. The Kier molecular flexibility index (Phi) is 2.90. The molecule has 3 nitrogen and oxygen atoms in total. The third-order valence-corrected chi connectivity index (χ3v) is 4.42. The first-order chi connectivity index (χ1) is 8.24. The van der Waals surface area contributed by atoms with Gasteiger partial charge in [-0.2, -0.15) is 0 Å². The monoisotopic (exact) mass is 294 g/mol. The topological polar surface area (TPSA) is 33.2 Å². The van der Waals surface area contributed by atoms with Gasteiger partial charge in [0.05, 0.1) is 0 Å². The van der Waals surface area contributed by atoms with Crippen LogP contribution in [-0.2, 0) is 0 Å². The molecular formula is C13H15BrN2O. The molecule has 0 aromatic carbocycles. The van der Waals surface area contributed by atoms with Crippen LogP contribution >= 0.6 is 15.9 Å². The van der Waals surface area contributed by atoms with Crippen LogP contribution in [0.5, 0.6) is 0 Å². The number of rotatable bonds is 1. The van der Waals surface area contributed by atoms with Crippen LogP contribution in [0.25, 0.3) is 0 Å².